The molecule has 0 spiro atoms. The highest BCUT2D eigenvalue weighted by Crippen LogP contribution is 2.24. The summed E-state index contributed by atoms with van der Waals surface area (Å²) >= 11 is 0. The van der Waals surface area contributed by atoms with Crippen LogP contribution in [-0.2, 0) is 20.9 Å². The zero-order valence-corrected chi connectivity index (χ0v) is 17.0. The van der Waals surface area contributed by atoms with Crippen molar-refractivity contribution >= 4 is 23.3 Å². The Bertz CT molecular complexity index is 827. The van der Waals surface area contributed by atoms with Gasteiger partial charge in [-0.25, -0.2) is 4.79 Å². The van der Waals surface area contributed by atoms with E-state index in [1.165, 1.54) is 12.8 Å². The van der Waals surface area contributed by atoms with Crippen LogP contribution in [0.2, 0.25) is 0 Å². The van der Waals surface area contributed by atoms with Crippen LogP contribution in [0.4, 0.5) is 11.4 Å². The van der Waals surface area contributed by atoms with Gasteiger partial charge in [-0.15, -0.1) is 0 Å². The highest BCUT2D eigenvalue weighted by molar-refractivity contribution is 5.95. The highest BCUT2D eigenvalue weighted by atomic mass is 16.5. The molecule has 1 amide bonds. The van der Waals surface area contributed by atoms with E-state index < -0.39 is 5.97 Å². The first kappa shape index (κ1) is 20.9. The molecule has 0 bridgehead atoms. The first-order chi connectivity index (χ1) is 14.0. The largest absolute Gasteiger partial charge is 0.452 e. The molecule has 0 atom stereocenters. The fourth-order valence-corrected chi connectivity index (χ4v) is 3.39. The van der Waals surface area contributed by atoms with Crippen molar-refractivity contribution in [1.29, 1.82) is 0 Å². The quantitative estimate of drug-likeness (QED) is 0.720. The number of rotatable bonds is 7. The highest BCUT2D eigenvalue weighted by Gasteiger charge is 2.16. The van der Waals surface area contributed by atoms with Crippen molar-refractivity contribution < 1.29 is 19.1 Å². The van der Waals surface area contributed by atoms with Gasteiger partial charge in [0.2, 0.25) is 0 Å². The predicted molar refractivity (Wildman–Crippen MR) is 113 cm³/mol. The lowest BCUT2D eigenvalue weighted by atomic mass is 9.99. The Morgan fingerprint density at radius 2 is 1.83 bits per heavy atom. The maximum atomic E-state index is 12.2. The normalized spacial score (nSPS) is 14.5. The Hall–Kier alpha value is -2.86. The molecule has 1 N–H and O–H groups in total. The lowest BCUT2D eigenvalue weighted by Gasteiger charge is -2.32. The van der Waals surface area contributed by atoms with E-state index in [2.05, 4.69) is 17.1 Å². The third-order valence-electron chi connectivity index (χ3n) is 5.11. The van der Waals surface area contributed by atoms with Crippen LogP contribution in [0.5, 0.6) is 0 Å². The number of nitrogens with zero attached hydrogens (tertiary/aromatic N) is 1. The lowest BCUT2D eigenvalue weighted by Crippen LogP contribution is -2.32. The van der Waals surface area contributed by atoms with Crippen LogP contribution in [-0.4, -0.2) is 38.7 Å². The van der Waals surface area contributed by atoms with Crippen LogP contribution in [0.15, 0.2) is 48.5 Å². The van der Waals surface area contributed by atoms with E-state index in [0.29, 0.717) is 17.9 Å². The van der Waals surface area contributed by atoms with Gasteiger partial charge in [0.15, 0.2) is 6.61 Å². The molecule has 0 aliphatic carbocycles. The van der Waals surface area contributed by atoms with E-state index in [-0.39, 0.29) is 12.5 Å². The zero-order valence-electron chi connectivity index (χ0n) is 17.0. The van der Waals surface area contributed by atoms with Crippen molar-refractivity contribution in [3.05, 3.63) is 59.7 Å². The molecule has 1 saturated heterocycles. The number of anilines is 2. The summed E-state index contributed by atoms with van der Waals surface area (Å²) in [5.41, 5.74) is 3.11. The first-order valence-electron chi connectivity index (χ1n) is 9.95. The molecule has 1 heterocycles. The van der Waals surface area contributed by atoms with Crippen molar-refractivity contribution in [3.63, 3.8) is 0 Å². The minimum Gasteiger partial charge on any atom is -0.452 e. The second kappa shape index (κ2) is 10.1. The molecule has 154 valence electrons. The lowest BCUT2D eigenvalue weighted by molar-refractivity contribution is -0.119. The molecular formula is C23H28N2O4. The Morgan fingerprint density at radius 1 is 1.10 bits per heavy atom. The number of methoxy groups -OCH3 is 1. The number of ether oxygens (including phenoxy) is 2. The maximum absolute atomic E-state index is 12.2. The van der Waals surface area contributed by atoms with Gasteiger partial charge >= 0.3 is 5.97 Å². The molecule has 2 aromatic carbocycles. The predicted octanol–water partition coefficient (Wildman–Crippen LogP) is 3.86. The summed E-state index contributed by atoms with van der Waals surface area (Å²) in [5.74, 6) is -0.117. The number of amides is 1. The van der Waals surface area contributed by atoms with Gasteiger partial charge in [0.1, 0.15) is 0 Å². The molecule has 1 aliphatic rings. The van der Waals surface area contributed by atoms with E-state index in [4.69, 9.17) is 9.47 Å². The monoisotopic (exact) mass is 396 g/mol. The number of carbonyl (C=O) groups is 2. The molecule has 0 aromatic heterocycles. The third-order valence-corrected chi connectivity index (χ3v) is 5.11. The van der Waals surface area contributed by atoms with Gasteiger partial charge in [0.05, 0.1) is 12.2 Å². The summed E-state index contributed by atoms with van der Waals surface area (Å²) in [5, 5.41) is 2.76. The second-order valence-electron chi connectivity index (χ2n) is 7.47. The Morgan fingerprint density at radius 3 is 2.52 bits per heavy atom. The topological polar surface area (TPSA) is 67.9 Å². The standard InChI is InChI=1S/C23H28N2O4/c1-17-10-12-25(13-11-17)21-8-6-20(7-9-21)24-22(26)16-29-23(27)19-5-3-4-18(14-19)15-28-2/h3-9,14,17H,10-13,15-16H2,1-2H3,(H,24,26). The fourth-order valence-electron chi connectivity index (χ4n) is 3.39. The van der Waals surface area contributed by atoms with Gasteiger partial charge in [-0.1, -0.05) is 19.1 Å². The van der Waals surface area contributed by atoms with E-state index >= 15 is 0 Å². The Kier molecular flexibility index (Phi) is 7.25. The van der Waals surface area contributed by atoms with Gasteiger partial charge < -0.3 is 19.7 Å². The SMILES string of the molecule is COCc1cccc(C(=O)OCC(=O)Nc2ccc(N3CCC(C)CC3)cc2)c1. The molecule has 6 heteroatoms. The molecule has 1 aliphatic heterocycles. The van der Waals surface area contributed by atoms with Crippen LogP contribution < -0.4 is 10.2 Å². The van der Waals surface area contributed by atoms with Gasteiger partial charge in [-0.05, 0) is 60.7 Å². The molecule has 2 aromatic rings. The van der Waals surface area contributed by atoms with Crippen LogP contribution >= 0.6 is 0 Å². The van der Waals surface area contributed by atoms with E-state index in [1.807, 2.05) is 30.3 Å². The maximum Gasteiger partial charge on any atom is 0.338 e. The molecule has 29 heavy (non-hydrogen) atoms. The molecular weight excluding hydrogens is 368 g/mol. The smallest absolute Gasteiger partial charge is 0.338 e. The molecule has 0 saturated carbocycles. The first-order valence-corrected chi connectivity index (χ1v) is 9.95. The fraction of sp³-hybridized carbons (Fsp3) is 0.391. The van der Waals surface area contributed by atoms with Gasteiger partial charge in [-0.3, -0.25) is 4.79 Å². The summed E-state index contributed by atoms with van der Waals surface area (Å²) in [6.45, 7) is 4.50. The number of benzene rings is 2. The average Bonchev–Trinajstić information content (AvgIpc) is 2.74. The number of hydrogen-bond acceptors (Lipinski definition) is 5. The molecule has 0 radical (unpaired) electrons. The second-order valence-corrected chi connectivity index (χ2v) is 7.47. The Labute approximate surface area is 171 Å². The van der Waals surface area contributed by atoms with Crippen LogP contribution in [0.1, 0.15) is 35.7 Å². The Balaban J connectivity index is 1.48. The van der Waals surface area contributed by atoms with Gasteiger partial charge in [-0.2, -0.15) is 0 Å². The van der Waals surface area contributed by atoms with Gasteiger partial charge in [0.25, 0.3) is 5.91 Å². The van der Waals surface area contributed by atoms with Gasteiger partial charge in [0, 0.05) is 31.6 Å². The minimum atomic E-state index is -0.534. The molecule has 3 rings (SSSR count). The van der Waals surface area contributed by atoms with Crippen LogP contribution in [0.25, 0.3) is 0 Å². The van der Waals surface area contributed by atoms with E-state index in [0.717, 1.165) is 30.3 Å². The summed E-state index contributed by atoms with van der Waals surface area (Å²) in [7, 11) is 1.59. The summed E-state index contributed by atoms with van der Waals surface area (Å²) in [6.07, 6.45) is 2.41. The molecule has 1 fully saturated rings. The summed E-state index contributed by atoms with van der Waals surface area (Å²) in [4.78, 5) is 26.6. The van der Waals surface area contributed by atoms with Crippen LogP contribution in [0, 0.1) is 5.92 Å². The minimum absolute atomic E-state index is 0.334. The van der Waals surface area contributed by atoms with Crippen molar-refractivity contribution in [1.82, 2.24) is 0 Å². The van der Waals surface area contributed by atoms with Crippen molar-refractivity contribution in [2.24, 2.45) is 5.92 Å². The van der Waals surface area contributed by atoms with E-state index in [9.17, 15) is 9.59 Å². The zero-order chi connectivity index (χ0) is 20.6. The van der Waals surface area contributed by atoms with Crippen LogP contribution in [0.3, 0.4) is 0 Å². The van der Waals surface area contributed by atoms with Crippen molar-refractivity contribution in [3.8, 4) is 0 Å². The molecule has 0 unspecified atom stereocenters. The number of esters is 1. The third kappa shape index (κ3) is 6.06. The number of carbonyl (C=O) groups excluding carboxylic acids is 2. The number of hydrogen-bond donors (Lipinski definition) is 1. The summed E-state index contributed by atoms with van der Waals surface area (Å²) in [6, 6.07) is 14.8. The molecule has 6 nitrogen and oxygen atoms in total. The average molecular weight is 396 g/mol. The van der Waals surface area contributed by atoms with E-state index in [1.54, 1.807) is 25.3 Å². The number of nitrogens with one attached hydrogen (secondary N) is 1. The van der Waals surface area contributed by atoms with Crippen molar-refractivity contribution in [2.75, 3.05) is 37.0 Å². The van der Waals surface area contributed by atoms with Crippen molar-refractivity contribution in [2.45, 2.75) is 26.4 Å². The number of piperidine rings is 1. The summed E-state index contributed by atoms with van der Waals surface area (Å²) < 4.78 is 10.2.